The Morgan fingerprint density at radius 2 is 0.893 bits per heavy atom. The van der Waals surface area contributed by atoms with Crippen LogP contribution in [-0.2, 0) is 20.0 Å². The Hall–Kier alpha value is -2.32. The number of hydrogen-bond acceptors (Lipinski definition) is 4. The van der Waals surface area contributed by atoms with Crippen LogP contribution in [-0.4, -0.2) is 31.6 Å². The molecule has 0 radical (unpaired) electrons. The first-order valence-electron chi connectivity index (χ1n) is 8.87. The third-order valence-corrected chi connectivity index (χ3v) is 8.95. The van der Waals surface area contributed by atoms with Gasteiger partial charge in [-0.25, -0.2) is 25.4 Å². The van der Waals surface area contributed by atoms with Crippen LogP contribution < -0.4 is 0 Å². The molecule has 1 heterocycles. The maximum absolute atomic E-state index is 13.2. The Bertz CT molecular complexity index is 1040. The summed E-state index contributed by atoms with van der Waals surface area (Å²) in [6, 6.07) is 13.0. The summed E-state index contributed by atoms with van der Waals surface area (Å²) < 4.78 is 55.3. The van der Waals surface area contributed by atoms with Crippen molar-refractivity contribution in [2.75, 3.05) is 0 Å². The fourth-order valence-corrected chi connectivity index (χ4v) is 6.84. The highest BCUT2D eigenvalue weighted by molar-refractivity contribution is 7.90. The predicted octanol–water partition coefficient (Wildman–Crippen LogP) is 3.60. The fraction of sp³-hybridized carbons (Fsp3) is 0.300. The van der Waals surface area contributed by atoms with Crippen molar-refractivity contribution >= 4 is 20.0 Å². The van der Waals surface area contributed by atoms with Crippen LogP contribution in [0.2, 0.25) is 0 Å². The summed E-state index contributed by atoms with van der Waals surface area (Å²) in [6.07, 6.45) is -0.905. The molecule has 0 amide bonds. The molecule has 0 aliphatic carbocycles. The van der Waals surface area contributed by atoms with Crippen LogP contribution in [0.25, 0.3) is 0 Å². The third kappa shape index (κ3) is 3.20. The molecule has 2 aromatic rings. The molecule has 0 spiro atoms. The van der Waals surface area contributed by atoms with E-state index in [0.29, 0.717) is 11.4 Å². The van der Waals surface area contributed by atoms with Crippen molar-refractivity contribution in [1.82, 2.24) is 8.61 Å². The molecule has 0 saturated heterocycles. The van der Waals surface area contributed by atoms with E-state index < -0.39 is 26.2 Å². The van der Waals surface area contributed by atoms with E-state index in [9.17, 15) is 16.8 Å². The molecule has 0 aromatic heterocycles. The molecule has 2 aromatic carbocycles. The van der Waals surface area contributed by atoms with Gasteiger partial charge in [0.1, 0.15) is 6.17 Å². The summed E-state index contributed by atoms with van der Waals surface area (Å²) in [4.78, 5) is 0.262. The summed E-state index contributed by atoms with van der Waals surface area (Å²) >= 11 is 0. The molecular formula is C20H24N2O4S2. The van der Waals surface area contributed by atoms with Gasteiger partial charge in [0.2, 0.25) is 0 Å². The normalized spacial score (nSPS) is 16.2. The van der Waals surface area contributed by atoms with Crippen LogP contribution in [0.1, 0.15) is 31.9 Å². The molecule has 28 heavy (non-hydrogen) atoms. The highest BCUT2D eigenvalue weighted by Gasteiger charge is 2.44. The molecule has 3 rings (SSSR count). The van der Waals surface area contributed by atoms with E-state index in [2.05, 4.69) is 0 Å². The van der Waals surface area contributed by atoms with Crippen molar-refractivity contribution in [2.45, 2.75) is 50.6 Å². The van der Waals surface area contributed by atoms with Crippen LogP contribution in [0.3, 0.4) is 0 Å². The molecule has 0 unspecified atom stereocenters. The van der Waals surface area contributed by atoms with Gasteiger partial charge in [0.25, 0.3) is 20.0 Å². The average Bonchev–Trinajstić information content (AvgIpc) is 2.85. The van der Waals surface area contributed by atoms with Crippen LogP contribution in [0, 0.1) is 13.8 Å². The SMILES string of the molecule is CC1=C(C)N(S(=O)(=O)c2ccc(C)cc2)C(C)N1S(=O)(=O)c1ccc(C)cc1. The van der Waals surface area contributed by atoms with Crippen molar-refractivity contribution in [3.8, 4) is 0 Å². The van der Waals surface area contributed by atoms with Crippen LogP contribution in [0.15, 0.2) is 69.7 Å². The Labute approximate surface area is 167 Å². The topological polar surface area (TPSA) is 74.8 Å². The molecule has 1 aliphatic rings. The lowest BCUT2D eigenvalue weighted by molar-refractivity contribution is 0.309. The van der Waals surface area contributed by atoms with E-state index >= 15 is 0 Å². The molecule has 6 nitrogen and oxygen atoms in total. The van der Waals surface area contributed by atoms with E-state index in [4.69, 9.17) is 0 Å². The van der Waals surface area contributed by atoms with Gasteiger partial charge < -0.3 is 0 Å². The quantitative estimate of drug-likeness (QED) is 0.757. The molecule has 0 saturated carbocycles. The minimum atomic E-state index is -3.90. The van der Waals surface area contributed by atoms with Gasteiger partial charge >= 0.3 is 0 Å². The number of sulfonamides is 2. The number of rotatable bonds is 4. The smallest absolute Gasteiger partial charge is 0.246 e. The third-order valence-electron chi connectivity index (χ3n) is 5.02. The van der Waals surface area contributed by atoms with Gasteiger partial charge in [-0.1, -0.05) is 35.4 Å². The maximum Gasteiger partial charge on any atom is 0.265 e. The Kier molecular flexibility index (Phi) is 5.05. The van der Waals surface area contributed by atoms with Gasteiger partial charge in [-0.3, -0.25) is 0 Å². The second-order valence-corrected chi connectivity index (χ2v) is 10.7. The molecule has 8 heteroatoms. The molecular weight excluding hydrogens is 396 g/mol. The average molecular weight is 421 g/mol. The second-order valence-electron chi connectivity index (χ2n) is 7.03. The molecule has 1 aliphatic heterocycles. The number of benzene rings is 2. The Morgan fingerprint density at radius 1 is 0.607 bits per heavy atom. The highest BCUT2D eigenvalue weighted by Crippen LogP contribution is 2.38. The van der Waals surface area contributed by atoms with Gasteiger partial charge in [-0.2, -0.15) is 0 Å². The molecule has 0 fully saturated rings. The monoisotopic (exact) mass is 420 g/mol. The molecule has 0 N–H and O–H groups in total. The van der Waals surface area contributed by atoms with Crippen molar-refractivity contribution in [3.63, 3.8) is 0 Å². The number of nitrogens with zero attached hydrogens (tertiary/aromatic N) is 2. The van der Waals surface area contributed by atoms with E-state index in [1.807, 2.05) is 13.8 Å². The summed E-state index contributed by atoms with van der Waals surface area (Å²) in [5.74, 6) is 0. The lowest BCUT2D eigenvalue weighted by Gasteiger charge is -2.30. The lowest BCUT2D eigenvalue weighted by atomic mass is 10.2. The van der Waals surface area contributed by atoms with Crippen LogP contribution >= 0.6 is 0 Å². The van der Waals surface area contributed by atoms with E-state index in [1.165, 1.54) is 32.9 Å². The number of allylic oxidation sites excluding steroid dienone is 2. The zero-order valence-corrected chi connectivity index (χ0v) is 18.2. The van der Waals surface area contributed by atoms with E-state index in [1.54, 1.807) is 45.0 Å². The summed E-state index contributed by atoms with van der Waals surface area (Å²) in [5.41, 5.74) is 2.67. The van der Waals surface area contributed by atoms with Crippen molar-refractivity contribution in [3.05, 3.63) is 71.1 Å². The maximum atomic E-state index is 13.2. The molecule has 0 bridgehead atoms. The van der Waals surface area contributed by atoms with E-state index in [0.717, 1.165) is 11.1 Å². The first-order chi connectivity index (χ1) is 13.0. The first-order valence-corrected chi connectivity index (χ1v) is 11.8. The van der Waals surface area contributed by atoms with Gasteiger partial charge in [-0.15, -0.1) is 0 Å². The van der Waals surface area contributed by atoms with Crippen LogP contribution in [0.5, 0.6) is 0 Å². The number of hydrogen-bond donors (Lipinski definition) is 0. The van der Waals surface area contributed by atoms with Gasteiger partial charge in [0.05, 0.1) is 9.79 Å². The summed E-state index contributed by atoms with van der Waals surface area (Å²) in [6.45, 7) is 8.59. The Balaban J connectivity index is 2.07. The lowest BCUT2D eigenvalue weighted by Crippen LogP contribution is -2.43. The largest absolute Gasteiger partial charge is 0.265 e. The fourth-order valence-electron chi connectivity index (χ4n) is 3.38. The van der Waals surface area contributed by atoms with Gasteiger partial charge in [-0.05, 0) is 58.9 Å². The zero-order chi connectivity index (χ0) is 20.9. The summed E-state index contributed by atoms with van der Waals surface area (Å²) in [7, 11) is -7.80. The van der Waals surface area contributed by atoms with Crippen LogP contribution in [0.4, 0.5) is 0 Å². The standard InChI is InChI=1S/C20H24N2O4S2/c1-14-6-10-19(11-7-14)27(23,24)21-16(3)17(4)22(18(21)5)28(25,26)20-12-8-15(2)9-13-20/h6-13,18H,1-5H3. The minimum absolute atomic E-state index is 0.131. The Morgan fingerprint density at radius 3 is 1.18 bits per heavy atom. The summed E-state index contributed by atoms with van der Waals surface area (Å²) in [5, 5.41) is 0. The minimum Gasteiger partial charge on any atom is -0.246 e. The van der Waals surface area contributed by atoms with Gasteiger partial charge in [0, 0.05) is 11.4 Å². The number of aryl methyl sites for hydroxylation is 2. The van der Waals surface area contributed by atoms with E-state index in [-0.39, 0.29) is 9.79 Å². The van der Waals surface area contributed by atoms with Crippen molar-refractivity contribution < 1.29 is 16.8 Å². The first kappa shape index (κ1) is 20.4. The molecule has 0 atom stereocenters. The highest BCUT2D eigenvalue weighted by atomic mass is 32.2. The zero-order valence-electron chi connectivity index (χ0n) is 16.5. The van der Waals surface area contributed by atoms with Crippen molar-refractivity contribution in [1.29, 1.82) is 0 Å². The van der Waals surface area contributed by atoms with Crippen molar-refractivity contribution in [2.24, 2.45) is 0 Å². The second kappa shape index (κ2) is 6.93. The molecule has 150 valence electrons. The predicted molar refractivity (Wildman–Crippen MR) is 108 cm³/mol. The van der Waals surface area contributed by atoms with Gasteiger partial charge in [0.15, 0.2) is 0 Å².